The molecular formula is C29H25N5O4. The highest BCUT2D eigenvalue weighted by atomic mass is 16.5. The van der Waals surface area contributed by atoms with Gasteiger partial charge in [0, 0.05) is 29.0 Å². The molecule has 0 radical (unpaired) electrons. The molecule has 0 aliphatic carbocycles. The van der Waals surface area contributed by atoms with Gasteiger partial charge < -0.3 is 25.1 Å². The topological polar surface area (TPSA) is 129 Å². The van der Waals surface area contributed by atoms with Crippen LogP contribution >= 0.6 is 0 Å². The zero-order valence-electron chi connectivity index (χ0n) is 20.7. The lowest BCUT2D eigenvalue weighted by Crippen LogP contribution is -2.46. The molecule has 0 spiro atoms. The molecule has 2 amide bonds. The second kappa shape index (κ2) is 10.9. The fraction of sp³-hybridized carbons (Fsp3) is 0.172. The molecule has 2 aromatic carbocycles. The number of allylic oxidation sites excluding steroid dienone is 1. The standard InChI is InChI=1S/C29H25N5O4/c1-37-21-7-3-4-18(13-21)8-9-24-26(28(35)38-17-20-6-2-5-19(12-20)14-30)27(34-29(36)33-24)23-15-32-25-16-31-11-10-22(23)25/h2-7,10-13,15-16,27,32H,8-9,17H2,1H3,(H2,33,34,36). The van der Waals surface area contributed by atoms with E-state index in [0.717, 1.165) is 27.8 Å². The minimum absolute atomic E-state index is 0.0144. The number of nitrogens with zero attached hydrogens (tertiary/aromatic N) is 2. The predicted molar refractivity (Wildman–Crippen MR) is 140 cm³/mol. The van der Waals surface area contributed by atoms with Crippen LogP contribution in [0.15, 0.2) is 84.5 Å². The Kier molecular flexibility index (Phi) is 7.04. The molecule has 2 aromatic heterocycles. The highest BCUT2D eigenvalue weighted by Crippen LogP contribution is 2.34. The van der Waals surface area contributed by atoms with Crippen molar-refractivity contribution >= 4 is 22.9 Å². The molecule has 0 saturated carbocycles. The first-order valence-electron chi connectivity index (χ1n) is 12.1. The van der Waals surface area contributed by atoms with E-state index < -0.39 is 18.0 Å². The maximum atomic E-state index is 13.6. The monoisotopic (exact) mass is 507 g/mol. The van der Waals surface area contributed by atoms with Gasteiger partial charge in [-0.2, -0.15) is 5.26 Å². The molecule has 1 aliphatic heterocycles. The second-order valence-electron chi connectivity index (χ2n) is 8.83. The summed E-state index contributed by atoms with van der Waals surface area (Å²) in [5.41, 5.74) is 4.50. The van der Waals surface area contributed by atoms with Gasteiger partial charge >= 0.3 is 12.0 Å². The number of nitriles is 1. The lowest BCUT2D eigenvalue weighted by atomic mass is 9.93. The van der Waals surface area contributed by atoms with Gasteiger partial charge in [0.25, 0.3) is 0 Å². The Hall–Kier alpha value is -5.10. The Bertz CT molecular complexity index is 1580. The van der Waals surface area contributed by atoms with Crippen molar-refractivity contribution in [3.63, 3.8) is 0 Å². The number of fused-ring (bicyclic) bond motifs is 1. The van der Waals surface area contributed by atoms with Crippen LogP contribution in [0.4, 0.5) is 4.79 Å². The van der Waals surface area contributed by atoms with Crippen molar-refractivity contribution in [3.8, 4) is 11.8 Å². The summed E-state index contributed by atoms with van der Waals surface area (Å²) < 4.78 is 11.0. The van der Waals surface area contributed by atoms with Crippen LogP contribution in [0.1, 0.15) is 34.7 Å². The minimum atomic E-state index is -0.738. The first-order valence-corrected chi connectivity index (χ1v) is 12.1. The Balaban J connectivity index is 1.50. The number of rotatable bonds is 8. The van der Waals surface area contributed by atoms with Crippen LogP contribution < -0.4 is 15.4 Å². The summed E-state index contributed by atoms with van der Waals surface area (Å²) in [4.78, 5) is 33.7. The van der Waals surface area contributed by atoms with Crippen LogP contribution in [0.3, 0.4) is 0 Å². The number of esters is 1. The minimum Gasteiger partial charge on any atom is -0.497 e. The van der Waals surface area contributed by atoms with Gasteiger partial charge in [0.15, 0.2) is 0 Å². The highest BCUT2D eigenvalue weighted by Gasteiger charge is 2.35. The van der Waals surface area contributed by atoms with E-state index >= 15 is 0 Å². The van der Waals surface area contributed by atoms with Gasteiger partial charge in [-0.3, -0.25) is 4.98 Å². The molecule has 9 nitrogen and oxygen atoms in total. The van der Waals surface area contributed by atoms with E-state index in [2.05, 4.69) is 26.7 Å². The summed E-state index contributed by atoms with van der Waals surface area (Å²) in [5.74, 6) is 0.171. The van der Waals surface area contributed by atoms with Gasteiger partial charge in [0.1, 0.15) is 12.4 Å². The van der Waals surface area contributed by atoms with E-state index in [1.807, 2.05) is 30.3 Å². The maximum Gasteiger partial charge on any atom is 0.338 e. The third-order valence-electron chi connectivity index (χ3n) is 6.42. The number of nitrogens with one attached hydrogen (secondary N) is 3. The molecule has 9 heteroatoms. The molecule has 0 bridgehead atoms. The molecule has 4 aromatic rings. The SMILES string of the molecule is COc1cccc(CCC2=C(C(=O)OCc3cccc(C#N)c3)C(c3c[nH]c4cnccc34)NC(=O)N2)c1. The highest BCUT2D eigenvalue weighted by molar-refractivity contribution is 5.97. The van der Waals surface area contributed by atoms with Crippen molar-refractivity contribution in [3.05, 3.63) is 107 Å². The van der Waals surface area contributed by atoms with E-state index in [-0.39, 0.29) is 6.61 Å². The molecule has 190 valence electrons. The van der Waals surface area contributed by atoms with E-state index in [1.54, 1.807) is 50.0 Å². The molecule has 1 atom stereocenters. The van der Waals surface area contributed by atoms with Gasteiger partial charge in [-0.25, -0.2) is 9.59 Å². The Morgan fingerprint density at radius 1 is 1.11 bits per heavy atom. The molecule has 0 saturated heterocycles. The fourth-order valence-electron chi connectivity index (χ4n) is 4.58. The molecule has 5 rings (SSSR count). The van der Waals surface area contributed by atoms with Crippen LogP contribution in [-0.2, 0) is 22.6 Å². The van der Waals surface area contributed by atoms with Crippen LogP contribution in [0, 0.1) is 11.3 Å². The quantitative estimate of drug-likeness (QED) is 0.303. The average Bonchev–Trinajstić information content (AvgIpc) is 3.39. The lowest BCUT2D eigenvalue weighted by Gasteiger charge is -2.29. The molecular weight excluding hydrogens is 482 g/mol. The second-order valence-corrected chi connectivity index (χ2v) is 8.83. The molecule has 3 N–H and O–H groups in total. The Morgan fingerprint density at radius 2 is 1.95 bits per heavy atom. The van der Waals surface area contributed by atoms with E-state index in [4.69, 9.17) is 9.47 Å². The number of H-pyrrole nitrogens is 1. The van der Waals surface area contributed by atoms with Crippen LogP contribution in [0.25, 0.3) is 10.9 Å². The summed E-state index contributed by atoms with van der Waals surface area (Å²) in [6, 6.07) is 17.3. The van der Waals surface area contributed by atoms with Gasteiger partial charge in [0.2, 0.25) is 0 Å². The average molecular weight is 508 g/mol. The summed E-state index contributed by atoms with van der Waals surface area (Å²) in [6.45, 7) is -0.0144. The first-order chi connectivity index (χ1) is 18.6. The first kappa shape index (κ1) is 24.6. The van der Waals surface area contributed by atoms with Crippen LogP contribution in [0.2, 0.25) is 0 Å². The zero-order chi connectivity index (χ0) is 26.5. The summed E-state index contributed by atoms with van der Waals surface area (Å²) in [5, 5.41) is 15.8. The van der Waals surface area contributed by atoms with Crippen molar-refractivity contribution in [2.75, 3.05) is 7.11 Å². The lowest BCUT2D eigenvalue weighted by molar-refractivity contribution is -0.140. The van der Waals surface area contributed by atoms with Crippen molar-refractivity contribution in [2.45, 2.75) is 25.5 Å². The van der Waals surface area contributed by atoms with Gasteiger partial charge in [-0.15, -0.1) is 0 Å². The smallest absolute Gasteiger partial charge is 0.338 e. The Labute approximate surface area is 219 Å². The van der Waals surface area contributed by atoms with E-state index in [9.17, 15) is 14.9 Å². The number of hydrogen-bond donors (Lipinski definition) is 3. The number of urea groups is 1. The summed E-state index contributed by atoms with van der Waals surface area (Å²) in [7, 11) is 1.61. The molecule has 0 fully saturated rings. The van der Waals surface area contributed by atoms with Crippen molar-refractivity contribution < 1.29 is 19.1 Å². The fourth-order valence-corrected chi connectivity index (χ4v) is 4.58. The number of benzene rings is 2. The van der Waals surface area contributed by atoms with Gasteiger partial charge in [-0.05, 0) is 54.3 Å². The maximum absolute atomic E-state index is 13.6. The van der Waals surface area contributed by atoms with Crippen molar-refractivity contribution in [2.24, 2.45) is 0 Å². The van der Waals surface area contributed by atoms with Gasteiger partial charge in [-0.1, -0.05) is 24.3 Å². The number of carbonyl (C=O) groups excluding carboxylic acids is 2. The number of methoxy groups -OCH3 is 1. The number of aromatic amines is 1. The van der Waals surface area contributed by atoms with E-state index in [1.165, 1.54) is 0 Å². The number of carbonyl (C=O) groups is 2. The number of pyridine rings is 1. The number of hydrogen-bond acceptors (Lipinski definition) is 6. The number of ether oxygens (including phenoxy) is 2. The summed E-state index contributed by atoms with van der Waals surface area (Å²) in [6.07, 6.45) is 6.09. The third kappa shape index (κ3) is 5.20. The number of amides is 2. The normalized spacial score (nSPS) is 14.9. The molecule has 1 unspecified atom stereocenters. The van der Waals surface area contributed by atoms with Crippen LogP contribution in [0.5, 0.6) is 5.75 Å². The predicted octanol–water partition coefficient (Wildman–Crippen LogP) is 4.43. The molecule has 1 aliphatic rings. The largest absolute Gasteiger partial charge is 0.497 e. The van der Waals surface area contributed by atoms with E-state index in [0.29, 0.717) is 35.2 Å². The van der Waals surface area contributed by atoms with Gasteiger partial charge in [0.05, 0.1) is 42.1 Å². The summed E-state index contributed by atoms with van der Waals surface area (Å²) >= 11 is 0. The Morgan fingerprint density at radius 3 is 2.79 bits per heavy atom. The van der Waals surface area contributed by atoms with Crippen LogP contribution in [-0.4, -0.2) is 29.1 Å². The van der Waals surface area contributed by atoms with Crippen molar-refractivity contribution in [1.82, 2.24) is 20.6 Å². The van der Waals surface area contributed by atoms with Crippen molar-refractivity contribution in [1.29, 1.82) is 5.26 Å². The number of aryl methyl sites for hydroxylation is 1. The third-order valence-corrected chi connectivity index (χ3v) is 6.42. The molecule has 3 heterocycles. The molecule has 38 heavy (non-hydrogen) atoms. The number of aromatic nitrogens is 2. The zero-order valence-corrected chi connectivity index (χ0v) is 20.7.